The van der Waals surface area contributed by atoms with E-state index in [0.717, 1.165) is 11.8 Å². The molecule has 0 aliphatic heterocycles. The van der Waals surface area contributed by atoms with Gasteiger partial charge in [0.2, 0.25) is 5.88 Å². The number of aromatic nitrogens is 1. The normalized spacial score (nSPS) is 8.64. The zero-order chi connectivity index (χ0) is 7.94. The largest absolute Gasteiger partial charge is 0.466 e. The van der Waals surface area contributed by atoms with Crippen molar-refractivity contribution < 1.29 is 4.74 Å². The van der Waals surface area contributed by atoms with Gasteiger partial charge in [0.1, 0.15) is 11.3 Å². The minimum Gasteiger partial charge on any atom is -0.466 e. The van der Waals surface area contributed by atoms with Gasteiger partial charge in [0.05, 0.1) is 0 Å². The van der Waals surface area contributed by atoms with Crippen LogP contribution in [0.25, 0.3) is 0 Å². The van der Waals surface area contributed by atoms with Gasteiger partial charge in [0, 0.05) is 12.3 Å². The SMILES string of the molecule is N#CSCOc1ccccn1. The van der Waals surface area contributed by atoms with Crippen LogP contribution in [0.4, 0.5) is 0 Å². The third-order valence-corrected chi connectivity index (χ3v) is 1.33. The van der Waals surface area contributed by atoms with Crippen molar-refractivity contribution in [2.45, 2.75) is 0 Å². The van der Waals surface area contributed by atoms with Crippen LogP contribution in [-0.4, -0.2) is 10.9 Å². The third-order valence-electron chi connectivity index (χ3n) is 0.968. The van der Waals surface area contributed by atoms with Gasteiger partial charge in [-0.3, -0.25) is 0 Å². The first-order chi connectivity index (χ1) is 5.43. The lowest BCUT2D eigenvalue weighted by Gasteiger charge is -1.98. The third kappa shape index (κ3) is 2.92. The van der Waals surface area contributed by atoms with E-state index in [1.807, 2.05) is 17.5 Å². The maximum Gasteiger partial charge on any atom is 0.214 e. The second-order valence-electron chi connectivity index (χ2n) is 1.67. The molecule has 1 aromatic rings. The van der Waals surface area contributed by atoms with Gasteiger partial charge in [-0.05, 0) is 17.8 Å². The van der Waals surface area contributed by atoms with Gasteiger partial charge in [0.25, 0.3) is 0 Å². The molecule has 0 aliphatic rings. The number of thiocyanates is 1. The molecule has 0 aliphatic carbocycles. The molecule has 0 aromatic carbocycles. The molecule has 0 radical (unpaired) electrons. The molecule has 0 saturated carbocycles. The number of thioether (sulfide) groups is 1. The van der Waals surface area contributed by atoms with Gasteiger partial charge in [-0.25, -0.2) is 4.98 Å². The van der Waals surface area contributed by atoms with Crippen LogP contribution in [0.1, 0.15) is 0 Å². The highest BCUT2D eigenvalue weighted by Gasteiger charge is 1.90. The Kier molecular flexibility index (Phi) is 3.29. The van der Waals surface area contributed by atoms with Gasteiger partial charge >= 0.3 is 0 Å². The standard InChI is InChI=1S/C7H6N2OS/c8-5-11-6-10-7-3-1-2-4-9-7/h1-4H,6H2. The van der Waals surface area contributed by atoms with E-state index < -0.39 is 0 Å². The molecule has 0 spiro atoms. The second-order valence-corrected chi connectivity index (χ2v) is 2.37. The highest BCUT2D eigenvalue weighted by Crippen LogP contribution is 2.06. The summed E-state index contributed by atoms with van der Waals surface area (Å²) >= 11 is 1.05. The van der Waals surface area contributed by atoms with E-state index in [4.69, 9.17) is 10.00 Å². The smallest absolute Gasteiger partial charge is 0.214 e. The number of ether oxygens (including phenoxy) is 1. The Balaban J connectivity index is 2.35. The minimum atomic E-state index is 0.327. The quantitative estimate of drug-likeness (QED) is 0.389. The van der Waals surface area contributed by atoms with Crippen molar-refractivity contribution >= 4 is 11.8 Å². The number of nitrogens with zero attached hydrogens (tertiary/aromatic N) is 2. The van der Waals surface area contributed by atoms with Crippen LogP contribution in [-0.2, 0) is 0 Å². The zero-order valence-corrected chi connectivity index (χ0v) is 6.54. The lowest BCUT2D eigenvalue weighted by atomic mass is 10.5. The highest BCUT2D eigenvalue weighted by atomic mass is 32.2. The van der Waals surface area contributed by atoms with Gasteiger partial charge in [-0.15, -0.1) is 0 Å². The van der Waals surface area contributed by atoms with Crippen LogP contribution >= 0.6 is 11.8 Å². The first-order valence-electron chi connectivity index (χ1n) is 2.98. The van der Waals surface area contributed by atoms with E-state index in [1.54, 1.807) is 12.3 Å². The summed E-state index contributed by atoms with van der Waals surface area (Å²) in [6.07, 6.45) is 1.65. The summed E-state index contributed by atoms with van der Waals surface area (Å²) in [7, 11) is 0. The summed E-state index contributed by atoms with van der Waals surface area (Å²) in [5.74, 6) is 0.878. The van der Waals surface area contributed by atoms with Gasteiger partial charge in [0.15, 0.2) is 0 Å². The van der Waals surface area contributed by atoms with Crippen molar-refractivity contribution in [3.8, 4) is 11.3 Å². The molecule has 1 heterocycles. The van der Waals surface area contributed by atoms with Crippen LogP contribution in [0.2, 0.25) is 0 Å². The molecule has 0 unspecified atom stereocenters. The topological polar surface area (TPSA) is 45.9 Å². The molecule has 4 heteroatoms. The lowest BCUT2D eigenvalue weighted by molar-refractivity contribution is 0.378. The van der Waals surface area contributed by atoms with E-state index in [2.05, 4.69) is 4.98 Å². The average Bonchev–Trinajstić information content (AvgIpc) is 2.07. The molecule has 1 aromatic heterocycles. The van der Waals surface area contributed by atoms with Crippen molar-refractivity contribution in [1.82, 2.24) is 4.98 Å². The highest BCUT2D eigenvalue weighted by molar-refractivity contribution is 8.03. The number of pyridine rings is 1. The molecule has 0 amide bonds. The Labute approximate surface area is 69.0 Å². The van der Waals surface area contributed by atoms with Crippen molar-refractivity contribution in [3.63, 3.8) is 0 Å². The predicted molar refractivity (Wildman–Crippen MR) is 42.9 cm³/mol. The van der Waals surface area contributed by atoms with Gasteiger partial charge in [-0.2, -0.15) is 5.26 Å². The van der Waals surface area contributed by atoms with E-state index in [0.29, 0.717) is 11.8 Å². The van der Waals surface area contributed by atoms with Gasteiger partial charge < -0.3 is 4.74 Å². The Morgan fingerprint density at radius 2 is 2.55 bits per heavy atom. The van der Waals surface area contributed by atoms with Crippen LogP contribution in [0, 0.1) is 10.7 Å². The van der Waals surface area contributed by atoms with Crippen molar-refractivity contribution in [2.75, 3.05) is 5.94 Å². The Morgan fingerprint density at radius 3 is 3.18 bits per heavy atom. The summed E-state index contributed by atoms with van der Waals surface area (Å²) in [4.78, 5) is 3.91. The maximum absolute atomic E-state index is 8.16. The monoisotopic (exact) mass is 166 g/mol. The van der Waals surface area contributed by atoms with E-state index >= 15 is 0 Å². The van der Waals surface area contributed by atoms with Crippen molar-refractivity contribution in [1.29, 1.82) is 5.26 Å². The number of rotatable bonds is 3. The summed E-state index contributed by atoms with van der Waals surface area (Å²) in [6.45, 7) is 0. The molecule has 0 N–H and O–H groups in total. The molecule has 0 bridgehead atoms. The fourth-order valence-electron chi connectivity index (χ4n) is 0.549. The molecule has 0 atom stereocenters. The van der Waals surface area contributed by atoms with Crippen LogP contribution in [0.15, 0.2) is 24.4 Å². The minimum absolute atomic E-state index is 0.327. The Morgan fingerprint density at radius 1 is 1.64 bits per heavy atom. The van der Waals surface area contributed by atoms with Crippen LogP contribution < -0.4 is 4.74 Å². The van der Waals surface area contributed by atoms with Crippen LogP contribution in [0.3, 0.4) is 0 Å². The summed E-state index contributed by atoms with van der Waals surface area (Å²) in [5.41, 5.74) is 0. The first kappa shape index (κ1) is 7.89. The molecular weight excluding hydrogens is 160 g/mol. The Bertz CT molecular complexity index is 244. The molecule has 3 nitrogen and oxygen atoms in total. The molecule has 0 fully saturated rings. The number of nitriles is 1. The summed E-state index contributed by atoms with van der Waals surface area (Å²) in [5, 5.41) is 10.1. The molecule has 56 valence electrons. The summed E-state index contributed by atoms with van der Waals surface area (Å²) in [6, 6.07) is 5.39. The van der Waals surface area contributed by atoms with Crippen LogP contribution in [0.5, 0.6) is 5.88 Å². The average molecular weight is 166 g/mol. The number of hydrogen-bond donors (Lipinski definition) is 0. The second kappa shape index (κ2) is 4.58. The molecule has 11 heavy (non-hydrogen) atoms. The fourth-order valence-corrected chi connectivity index (χ4v) is 0.781. The Hall–Kier alpha value is -1.21. The van der Waals surface area contributed by atoms with Crippen molar-refractivity contribution in [2.24, 2.45) is 0 Å². The molecule has 0 saturated heterocycles. The number of hydrogen-bond acceptors (Lipinski definition) is 4. The maximum atomic E-state index is 8.16. The lowest BCUT2D eigenvalue weighted by Crippen LogP contribution is -1.92. The first-order valence-corrected chi connectivity index (χ1v) is 3.97. The van der Waals surface area contributed by atoms with E-state index in [9.17, 15) is 0 Å². The fraction of sp³-hybridized carbons (Fsp3) is 0.143. The van der Waals surface area contributed by atoms with Gasteiger partial charge in [-0.1, -0.05) is 6.07 Å². The van der Waals surface area contributed by atoms with Crippen molar-refractivity contribution in [3.05, 3.63) is 24.4 Å². The van der Waals surface area contributed by atoms with E-state index in [1.165, 1.54) is 0 Å². The molecule has 1 rings (SSSR count). The zero-order valence-electron chi connectivity index (χ0n) is 5.73. The predicted octanol–water partition coefficient (Wildman–Crippen LogP) is 1.63. The summed E-state index contributed by atoms with van der Waals surface area (Å²) < 4.78 is 5.08. The molecular formula is C7H6N2OS. The van der Waals surface area contributed by atoms with E-state index in [-0.39, 0.29) is 0 Å².